The van der Waals surface area contributed by atoms with Gasteiger partial charge >= 0.3 is 0 Å². The predicted octanol–water partition coefficient (Wildman–Crippen LogP) is 2.38. The van der Waals surface area contributed by atoms with Gasteiger partial charge in [-0.3, -0.25) is 0 Å². The van der Waals surface area contributed by atoms with Gasteiger partial charge in [0.1, 0.15) is 0 Å². The van der Waals surface area contributed by atoms with Crippen LogP contribution in [0.4, 0.5) is 0 Å². The van der Waals surface area contributed by atoms with Crippen LogP contribution in [-0.4, -0.2) is 18.5 Å². The average molecular weight is 192 g/mol. The molecule has 0 aromatic heterocycles. The van der Waals surface area contributed by atoms with E-state index in [0.717, 1.165) is 6.42 Å². The molecule has 0 radical (unpaired) electrons. The molecular weight excluding hydrogens is 176 g/mol. The SMILES string of the molecule is C[C@@H]1OC(Cc2ccccc2)O[C@@H]1C. The predicted molar refractivity (Wildman–Crippen MR) is 55.0 cm³/mol. The van der Waals surface area contributed by atoms with E-state index in [-0.39, 0.29) is 18.5 Å². The maximum Gasteiger partial charge on any atom is 0.162 e. The van der Waals surface area contributed by atoms with Crippen LogP contribution in [0.15, 0.2) is 30.3 Å². The molecule has 1 aliphatic heterocycles. The molecule has 2 heteroatoms. The summed E-state index contributed by atoms with van der Waals surface area (Å²) in [6.45, 7) is 4.10. The Morgan fingerprint density at radius 3 is 2.14 bits per heavy atom. The number of hydrogen-bond acceptors (Lipinski definition) is 2. The summed E-state index contributed by atoms with van der Waals surface area (Å²) >= 11 is 0. The molecule has 14 heavy (non-hydrogen) atoms. The van der Waals surface area contributed by atoms with Gasteiger partial charge in [-0.2, -0.15) is 0 Å². The van der Waals surface area contributed by atoms with E-state index in [2.05, 4.69) is 26.0 Å². The zero-order valence-electron chi connectivity index (χ0n) is 8.64. The maximum atomic E-state index is 5.66. The summed E-state index contributed by atoms with van der Waals surface area (Å²) in [5.74, 6) is 0. The van der Waals surface area contributed by atoms with Crippen LogP contribution in [0.2, 0.25) is 0 Å². The molecule has 0 aliphatic carbocycles. The summed E-state index contributed by atoms with van der Waals surface area (Å²) in [6, 6.07) is 10.3. The molecule has 0 bridgehead atoms. The molecule has 3 atom stereocenters. The molecular formula is C12H16O2. The molecule has 1 aromatic carbocycles. The van der Waals surface area contributed by atoms with E-state index in [1.807, 2.05) is 18.2 Å². The van der Waals surface area contributed by atoms with Crippen molar-refractivity contribution in [3.05, 3.63) is 35.9 Å². The fourth-order valence-corrected chi connectivity index (χ4v) is 1.63. The molecule has 1 aliphatic rings. The van der Waals surface area contributed by atoms with Gasteiger partial charge in [0.2, 0.25) is 0 Å². The quantitative estimate of drug-likeness (QED) is 0.716. The summed E-state index contributed by atoms with van der Waals surface area (Å²) < 4.78 is 11.3. The summed E-state index contributed by atoms with van der Waals surface area (Å²) in [6.07, 6.45) is 1.20. The highest BCUT2D eigenvalue weighted by Gasteiger charge is 2.29. The largest absolute Gasteiger partial charge is 0.347 e. The van der Waals surface area contributed by atoms with Crippen molar-refractivity contribution in [2.75, 3.05) is 0 Å². The van der Waals surface area contributed by atoms with Gasteiger partial charge in [-0.05, 0) is 19.4 Å². The summed E-state index contributed by atoms with van der Waals surface area (Å²) in [4.78, 5) is 0. The Labute approximate surface area is 84.8 Å². The molecule has 1 heterocycles. The topological polar surface area (TPSA) is 18.5 Å². The third-order valence-corrected chi connectivity index (χ3v) is 2.64. The normalized spacial score (nSPS) is 32.0. The lowest BCUT2D eigenvalue weighted by molar-refractivity contribution is -0.0607. The van der Waals surface area contributed by atoms with Crippen LogP contribution >= 0.6 is 0 Å². The van der Waals surface area contributed by atoms with Gasteiger partial charge in [0, 0.05) is 6.42 Å². The zero-order chi connectivity index (χ0) is 9.97. The minimum Gasteiger partial charge on any atom is -0.347 e. The smallest absolute Gasteiger partial charge is 0.162 e. The Kier molecular flexibility index (Phi) is 2.85. The maximum absolute atomic E-state index is 5.66. The molecule has 0 saturated carbocycles. The first-order chi connectivity index (χ1) is 6.75. The summed E-state index contributed by atoms with van der Waals surface area (Å²) in [5, 5.41) is 0. The molecule has 0 amide bonds. The molecule has 2 rings (SSSR count). The van der Waals surface area contributed by atoms with Crippen molar-refractivity contribution < 1.29 is 9.47 Å². The van der Waals surface area contributed by atoms with Gasteiger partial charge < -0.3 is 9.47 Å². The highest BCUT2D eigenvalue weighted by atomic mass is 16.7. The van der Waals surface area contributed by atoms with E-state index in [0.29, 0.717) is 0 Å². The van der Waals surface area contributed by atoms with E-state index >= 15 is 0 Å². The molecule has 1 unspecified atom stereocenters. The van der Waals surface area contributed by atoms with Gasteiger partial charge in [0.15, 0.2) is 6.29 Å². The van der Waals surface area contributed by atoms with Crippen molar-refractivity contribution in [2.45, 2.75) is 38.8 Å². The van der Waals surface area contributed by atoms with Crippen LogP contribution in [0.5, 0.6) is 0 Å². The Bertz CT molecular complexity index is 274. The second kappa shape index (κ2) is 4.11. The van der Waals surface area contributed by atoms with E-state index in [1.165, 1.54) is 5.56 Å². The van der Waals surface area contributed by atoms with Gasteiger partial charge in [-0.1, -0.05) is 30.3 Å². The summed E-state index contributed by atoms with van der Waals surface area (Å²) in [5.41, 5.74) is 1.26. The van der Waals surface area contributed by atoms with E-state index < -0.39 is 0 Å². The third kappa shape index (κ3) is 2.14. The molecule has 76 valence electrons. The standard InChI is InChI=1S/C12H16O2/c1-9-10(2)14-12(13-9)8-11-6-4-3-5-7-11/h3-7,9-10,12H,8H2,1-2H3/t9-,10+,12?. The van der Waals surface area contributed by atoms with Crippen molar-refractivity contribution >= 4 is 0 Å². The molecule has 1 saturated heterocycles. The molecule has 0 N–H and O–H groups in total. The number of ether oxygens (including phenoxy) is 2. The lowest BCUT2D eigenvalue weighted by Crippen LogP contribution is -2.13. The van der Waals surface area contributed by atoms with E-state index in [1.54, 1.807) is 0 Å². The summed E-state index contributed by atoms with van der Waals surface area (Å²) in [7, 11) is 0. The zero-order valence-corrected chi connectivity index (χ0v) is 8.64. The molecule has 2 nitrogen and oxygen atoms in total. The number of rotatable bonds is 2. The monoisotopic (exact) mass is 192 g/mol. The first-order valence-corrected chi connectivity index (χ1v) is 5.10. The van der Waals surface area contributed by atoms with Crippen molar-refractivity contribution in [1.82, 2.24) is 0 Å². The van der Waals surface area contributed by atoms with Crippen LogP contribution < -0.4 is 0 Å². The van der Waals surface area contributed by atoms with Crippen molar-refractivity contribution in [2.24, 2.45) is 0 Å². The average Bonchev–Trinajstić information content (AvgIpc) is 2.47. The molecule has 1 fully saturated rings. The lowest BCUT2D eigenvalue weighted by Gasteiger charge is -2.09. The van der Waals surface area contributed by atoms with Crippen LogP contribution in [0, 0.1) is 0 Å². The van der Waals surface area contributed by atoms with E-state index in [4.69, 9.17) is 9.47 Å². The number of hydrogen-bond donors (Lipinski definition) is 0. The van der Waals surface area contributed by atoms with E-state index in [9.17, 15) is 0 Å². The minimum absolute atomic E-state index is 0.0672. The second-order valence-corrected chi connectivity index (χ2v) is 3.80. The first-order valence-electron chi connectivity index (χ1n) is 5.10. The van der Waals surface area contributed by atoms with Crippen LogP contribution in [-0.2, 0) is 15.9 Å². The Balaban J connectivity index is 1.94. The first kappa shape index (κ1) is 9.69. The minimum atomic E-state index is -0.0672. The van der Waals surface area contributed by atoms with Crippen LogP contribution in [0.25, 0.3) is 0 Å². The van der Waals surface area contributed by atoms with Gasteiger partial charge in [0.05, 0.1) is 12.2 Å². The Hall–Kier alpha value is -0.860. The second-order valence-electron chi connectivity index (χ2n) is 3.80. The van der Waals surface area contributed by atoms with Gasteiger partial charge in [-0.15, -0.1) is 0 Å². The van der Waals surface area contributed by atoms with Gasteiger partial charge in [0.25, 0.3) is 0 Å². The van der Waals surface area contributed by atoms with Crippen molar-refractivity contribution in [3.63, 3.8) is 0 Å². The fraction of sp³-hybridized carbons (Fsp3) is 0.500. The Morgan fingerprint density at radius 1 is 1.00 bits per heavy atom. The van der Waals surface area contributed by atoms with Crippen LogP contribution in [0.3, 0.4) is 0 Å². The number of benzene rings is 1. The molecule has 0 spiro atoms. The lowest BCUT2D eigenvalue weighted by atomic mass is 10.1. The highest BCUT2D eigenvalue weighted by Crippen LogP contribution is 2.21. The van der Waals surface area contributed by atoms with Crippen molar-refractivity contribution in [1.29, 1.82) is 0 Å². The van der Waals surface area contributed by atoms with Crippen molar-refractivity contribution in [3.8, 4) is 0 Å². The van der Waals surface area contributed by atoms with Gasteiger partial charge in [-0.25, -0.2) is 0 Å². The Morgan fingerprint density at radius 2 is 1.57 bits per heavy atom. The third-order valence-electron chi connectivity index (χ3n) is 2.64. The molecule has 1 aromatic rings. The fourth-order valence-electron chi connectivity index (χ4n) is 1.63. The highest BCUT2D eigenvalue weighted by molar-refractivity contribution is 5.15. The van der Waals surface area contributed by atoms with Crippen LogP contribution in [0.1, 0.15) is 19.4 Å².